The Hall–Kier alpha value is -2.03. The van der Waals surface area contributed by atoms with Crippen LogP contribution < -0.4 is 5.32 Å². The number of carbonyl (C=O) groups is 2. The van der Waals surface area contributed by atoms with Gasteiger partial charge in [-0.2, -0.15) is 0 Å². The fourth-order valence-electron chi connectivity index (χ4n) is 7.89. The summed E-state index contributed by atoms with van der Waals surface area (Å²) in [6.45, 7) is 6.96. The van der Waals surface area contributed by atoms with Gasteiger partial charge in [0.2, 0.25) is 5.91 Å². The van der Waals surface area contributed by atoms with E-state index in [1.54, 1.807) is 0 Å². The Balaban J connectivity index is 5.41. The largest absolute Gasteiger partial charge is 0.472 e. The Bertz CT molecular complexity index is 1290. The molecule has 3 atom stereocenters. The van der Waals surface area contributed by atoms with Gasteiger partial charge in [-0.05, 0) is 70.3 Å². The fraction of sp³-hybridized carbons (Fsp3) is 0.825. The lowest BCUT2D eigenvalue weighted by atomic mass is 10.0. The van der Waals surface area contributed by atoms with Crippen LogP contribution in [0.25, 0.3) is 0 Å². The average molecular weight is 964 g/mol. The molecule has 0 aromatic carbocycles. The van der Waals surface area contributed by atoms with Gasteiger partial charge in [-0.25, -0.2) is 4.57 Å². The molecule has 67 heavy (non-hydrogen) atoms. The van der Waals surface area contributed by atoms with Gasteiger partial charge in [0.15, 0.2) is 0 Å². The highest BCUT2D eigenvalue weighted by Gasteiger charge is 2.30. The number of phosphoric acid groups is 1. The standard InChI is InChI=1S/C57H107N2O7P/c1-7-10-13-16-19-22-25-27-28-29-30-32-35-37-40-43-46-49-56(60)58-54(53-65-67(62,63)64-52-51-59(4,5)6)55(48-45-42-39-36-34-31-26-23-20-17-14-11-8-2)66-57(61)50-47-44-41-38-33-24-21-18-15-12-9-3/h19,22,27-28,30,32,45,48,54-55H,7-18,20-21,23-26,29,31,33-44,46-47,49-53H2,1-6H3,(H-,58,60,62,63)/p+1/b22-19-,28-27-,32-30-,48-45+. The number of esters is 1. The van der Waals surface area contributed by atoms with E-state index in [4.69, 9.17) is 13.8 Å². The van der Waals surface area contributed by atoms with Gasteiger partial charge in [0.25, 0.3) is 0 Å². The first kappa shape index (κ1) is 65.0. The highest BCUT2D eigenvalue weighted by molar-refractivity contribution is 7.47. The zero-order valence-corrected chi connectivity index (χ0v) is 45.5. The number of amides is 1. The number of carbonyl (C=O) groups excluding carboxylic acids is 2. The van der Waals surface area contributed by atoms with E-state index in [-0.39, 0.29) is 31.5 Å². The van der Waals surface area contributed by atoms with E-state index >= 15 is 0 Å². The third-order valence-corrected chi connectivity index (χ3v) is 13.3. The molecule has 0 aliphatic carbocycles. The van der Waals surface area contributed by atoms with Crippen LogP contribution in [0.5, 0.6) is 0 Å². The molecule has 1 amide bonds. The fourth-order valence-corrected chi connectivity index (χ4v) is 8.62. The molecule has 0 radical (unpaired) electrons. The molecule has 2 N–H and O–H groups in total. The second-order valence-electron chi connectivity index (χ2n) is 20.1. The van der Waals surface area contributed by atoms with Crippen LogP contribution in [0.4, 0.5) is 0 Å². The second kappa shape index (κ2) is 47.6. The summed E-state index contributed by atoms with van der Waals surface area (Å²) in [7, 11) is 1.48. The summed E-state index contributed by atoms with van der Waals surface area (Å²) in [6.07, 6.45) is 56.7. The molecular weight excluding hydrogens is 856 g/mol. The van der Waals surface area contributed by atoms with Crippen LogP contribution in [0, 0.1) is 0 Å². The molecule has 0 aliphatic heterocycles. The van der Waals surface area contributed by atoms with Gasteiger partial charge < -0.3 is 19.4 Å². The molecule has 3 unspecified atom stereocenters. The quantitative estimate of drug-likeness (QED) is 0.0205. The number of ether oxygens (including phenoxy) is 1. The van der Waals surface area contributed by atoms with Crippen molar-refractivity contribution in [3.8, 4) is 0 Å². The lowest BCUT2D eigenvalue weighted by molar-refractivity contribution is -0.870. The van der Waals surface area contributed by atoms with Gasteiger partial charge in [0.05, 0.1) is 33.8 Å². The smallest absolute Gasteiger partial charge is 0.456 e. The van der Waals surface area contributed by atoms with Gasteiger partial charge in [-0.15, -0.1) is 0 Å². The number of quaternary nitrogens is 1. The number of likely N-dealkylation sites (N-methyl/N-ethyl adjacent to an activating group) is 1. The van der Waals surface area contributed by atoms with Crippen LogP contribution in [0.3, 0.4) is 0 Å². The van der Waals surface area contributed by atoms with Crippen LogP contribution >= 0.6 is 7.82 Å². The first-order valence-electron chi connectivity index (χ1n) is 28.0. The number of hydrogen-bond acceptors (Lipinski definition) is 6. The van der Waals surface area contributed by atoms with E-state index < -0.39 is 20.0 Å². The molecule has 0 bridgehead atoms. The number of rotatable bonds is 50. The maximum absolute atomic E-state index is 13.5. The maximum Gasteiger partial charge on any atom is 0.472 e. The molecular formula is C57H108N2O7P+. The number of nitrogens with zero attached hydrogens (tertiary/aromatic N) is 1. The molecule has 0 aromatic rings. The zero-order valence-electron chi connectivity index (χ0n) is 44.6. The Kier molecular flexibility index (Phi) is 46.2. The molecule has 0 rings (SSSR count). The van der Waals surface area contributed by atoms with E-state index in [9.17, 15) is 19.0 Å². The molecule has 0 fully saturated rings. The first-order valence-corrected chi connectivity index (χ1v) is 29.5. The SMILES string of the molecule is CCCCC/C=C\C/C=C\C/C=C\CCCCCCC(=O)NC(COP(=O)(O)OCC[N+](C)(C)C)C(/C=C/CCCCCCCCCCCCC)OC(=O)CCCCCCCCCCCCC. The third-order valence-electron chi connectivity index (χ3n) is 12.3. The van der Waals surface area contributed by atoms with Crippen molar-refractivity contribution in [2.75, 3.05) is 40.9 Å². The second-order valence-corrected chi connectivity index (χ2v) is 21.6. The van der Waals surface area contributed by atoms with Crippen molar-refractivity contribution in [3.63, 3.8) is 0 Å². The monoisotopic (exact) mass is 964 g/mol. The Labute approximate surface area is 414 Å². The van der Waals surface area contributed by atoms with E-state index in [1.807, 2.05) is 33.3 Å². The number of unbranched alkanes of at least 4 members (excludes halogenated alkanes) is 28. The average Bonchev–Trinajstić information content (AvgIpc) is 3.28. The summed E-state index contributed by atoms with van der Waals surface area (Å²) in [5, 5.41) is 3.03. The molecule has 0 aliphatic rings. The van der Waals surface area contributed by atoms with Crippen LogP contribution in [-0.2, 0) is 27.9 Å². The Morgan fingerprint density at radius 3 is 1.39 bits per heavy atom. The summed E-state index contributed by atoms with van der Waals surface area (Å²) in [5.41, 5.74) is 0. The Morgan fingerprint density at radius 1 is 0.522 bits per heavy atom. The lowest BCUT2D eigenvalue weighted by Gasteiger charge is -2.27. The molecule has 0 saturated heterocycles. The van der Waals surface area contributed by atoms with Crippen molar-refractivity contribution in [1.29, 1.82) is 0 Å². The summed E-state index contributed by atoms with van der Waals surface area (Å²) >= 11 is 0. The summed E-state index contributed by atoms with van der Waals surface area (Å²) in [4.78, 5) is 37.5. The topological polar surface area (TPSA) is 111 Å². The molecule has 0 saturated carbocycles. The van der Waals surface area contributed by atoms with Crippen molar-refractivity contribution < 1.29 is 37.3 Å². The third kappa shape index (κ3) is 48.8. The highest BCUT2D eigenvalue weighted by Crippen LogP contribution is 2.43. The number of phosphoric ester groups is 1. The lowest BCUT2D eigenvalue weighted by Crippen LogP contribution is -2.47. The van der Waals surface area contributed by atoms with Gasteiger partial charge in [-0.1, -0.05) is 217 Å². The van der Waals surface area contributed by atoms with Gasteiger partial charge in [-0.3, -0.25) is 18.6 Å². The molecule has 9 nitrogen and oxygen atoms in total. The van der Waals surface area contributed by atoms with Crippen LogP contribution in [0.1, 0.15) is 252 Å². The minimum absolute atomic E-state index is 0.0362. The van der Waals surface area contributed by atoms with Gasteiger partial charge >= 0.3 is 13.8 Å². The predicted molar refractivity (Wildman–Crippen MR) is 286 cm³/mol. The highest BCUT2D eigenvalue weighted by atomic mass is 31.2. The van der Waals surface area contributed by atoms with E-state index in [0.29, 0.717) is 17.4 Å². The minimum atomic E-state index is -4.44. The predicted octanol–water partition coefficient (Wildman–Crippen LogP) is 16.6. The van der Waals surface area contributed by atoms with E-state index in [1.165, 1.54) is 135 Å². The summed E-state index contributed by atoms with van der Waals surface area (Å²) in [6, 6.07) is -0.856. The Morgan fingerprint density at radius 2 is 0.910 bits per heavy atom. The van der Waals surface area contributed by atoms with Gasteiger partial charge in [0, 0.05) is 12.8 Å². The van der Waals surface area contributed by atoms with Crippen molar-refractivity contribution >= 4 is 19.7 Å². The van der Waals surface area contributed by atoms with Crippen molar-refractivity contribution in [2.24, 2.45) is 0 Å². The van der Waals surface area contributed by atoms with E-state index in [2.05, 4.69) is 62.5 Å². The van der Waals surface area contributed by atoms with Crippen LogP contribution in [-0.4, -0.2) is 74.3 Å². The number of allylic oxidation sites excluding steroid dienone is 7. The van der Waals surface area contributed by atoms with Crippen LogP contribution in [0.2, 0.25) is 0 Å². The molecule has 0 aromatic heterocycles. The first-order chi connectivity index (χ1) is 32.4. The number of hydrogen-bond donors (Lipinski definition) is 2. The normalized spacial score (nSPS) is 14.2. The van der Waals surface area contributed by atoms with E-state index in [0.717, 1.165) is 83.5 Å². The molecule has 10 heteroatoms. The van der Waals surface area contributed by atoms with Gasteiger partial charge in [0.1, 0.15) is 19.3 Å². The zero-order chi connectivity index (χ0) is 49.4. The summed E-state index contributed by atoms with van der Waals surface area (Å²) in [5.74, 6) is -0.527. The van der Waals surface area contributed by atoms with Crippen molar-refractivity contribution in [2.45, 2.75) is 264 Å². The summed E-state index contributed by atoms with van der Waals surface area (Å²) < 4.78 is 30.5. The molecule has 0 heterocycles. The van der Waals surface area contributed by atoms with Crippen molar-refractivity contribution in [1.82, 2.24) is 5.32 Å². The molecule has 0 spiro atoms. The number of nitrogens with one attached hydrogen (secondary N) is 1. The van der Waals surface area contributed by atoms with Crippen molar-refractivity contribution in [3.05, 3.63) is 48.6 Å². The maximum atomic E-state index is 13.5. The van der Waals surface area contributed by atoms with Crippen LogP contribution in [0.15, 0.2) is 48.6 Å². The molecule has 392 valence electrons. The minimum Gasteiger partial charge on any atom is -0.456 e.